The Bertz CT molecular complexity index is 723. The van der Waals surface area contributed by atoms with Gasteiger partial charge in [0.2, 0.25) is 0 Å². The maximum absolute atomic E-state index is 6.00. The third-order valence-corrected chi connectivity index (χ3v) is 4.72. The van der Waals surface area contributed by atoms with Crippen LogP contribution in [0, 0.1) is 6.92 Å². The fourth-order valence-electron chi connectivity index (χ4n) is 1.77. The van der Waals surface area contributed by atoms with E-state index in [4.69, 9.17) is 5.73 Å². The largest absolute Gasteiger partial charge is 0.383 e. The lowest BCUT2D eigenvalue weighted by Crippen LogP contribution is -1.97. The molecule has 0 saturated heterocycles. The van der Waals surface area contributed by atoms with Crippen molar-refractivity contribution in [1.29, 1.82) is 0 Å². The molecule has 3 rings (SSSR count). The highest BCUT2D eigenvalue weighted by Crippen LogP contribution is 2.28. The first-order valence-corrected chi connectivity index (χ1v) is 7.59. The quantitative estimate of drug-likeness (QED) is 0.749. The van der Waals surface area contributed by atoms with Gasteiger partial charge in [0.05, 0.1) is 5.52 Å². The lowest BCUT2D eigenvalue weighted by atomic mass is 10.1. The number of nitrogen functional groups attached to an aromatic ring is 1. The van der Waals surface area contributed by atoms with Gasteiger partial charge in [0.1, 0.15) is 10.8 Å². The summed E-state index contributed by atoms with van der Waals surface area (Å²) in [4.78, 5) is 4.42. The minimum atomic E-state index is 0.590. The molecule has 2 N–H and O–H groups in total. The number of fused-ring (bicyclic) bond motifs is 1. The maximum atomic E-state index is 6.00. The van der Waals surface area contributed by atoms with Crippen molar-refractivity contribution in [3.8, 4) is 0 Å². The van der Waals surface area contributed by atoms with E-state index in [9.17, 15) is 0 Å². The van der Waals surface area contributed by atoms with Crippen molar-refractivity contribution in [3.63, 3.8) is 0 Å². The molecule has 0 spiro atoms. The molecular weight excluding hydrogens is 276 g/mol. The van der Waals surface area contributed by atoms with Crippen molar-refractivity contribution in [3.05, 3.63) is 40.9 Å². The number of thioether (sulfide) groups is 1. The predicted molar refractivity (Wildman–Crippen MR) is 80.4 cm³/mol. The summed E-state index contributed by atoms with van der Waals surface area (Å²) in [5.41, 5.74) is 7.97. The first-order chi connectivity index (χ1) is 9.22. The van der Waals surface area contributed by atoms with Crippen molar-refractivity contribution in [2.24, 2.45) is 0 Å². The number of nitrogens with zero attached hydrogens (tertiary/aromatic N) is 3. The molecule has 0 atom stereocenters. The lowest BCUT2D eigenvalue weighted by molar-refractivity contribution is 0.983. The van der Waals surface area contributed by atoms with Gasteiger partial charge in [-0.15, -0.1) is 10.2 Å². The van der Waals surface area contributed by atoms with Crippen molar-refractivity contribution in [2.45, 2.75) is 17.0 Å². The summed E-state index contributed by atoms with van der Waals surface area (Å²) < 4.78 is 0.963. The number of aromatic nitrogens is 3. The van der Waals surface area contributed by atoms with Crippen LogP contribution in [0.4, 0.5) is 5.82 Å². The highest BCUT2D eigenvalue weighted by atomic mass is 32.2. The monoisotopic (exact) mass is 288 g/mol. The number of para-hydroxylation sites is 1. The van der Waals surface area contributed by atoms with Crippen molar-refractivity contribution in [1.82, 2.24) is 15.2 Å². The number of hydrogen-bond donors (Lipinski definition) is 1. The Kier molecular flexibility index (Phi) is 3.35. The lowest BCUT2D eigenvalue weighted by Gasteiger charge is -2.05. The molecule has 96 valence electrons. The molecule has 0 aliphatic heterocycles. The van der Waals surface area contributed by atoms with E-state index in [0.717, 1.165) is 31.6 Å². The summed E-state index contributed by atoms with van der Waals surface area (Å²) in [5.74, 6) is 1.35. The average Bonchev–Trinajstić information content (AvgIpc) is 2.82. The SMILES string of the molecule is Cc1nnc(SCc2cc3ccccc3nc2N)s1. The molecule has 2 aromatic heterocycles. The second-order valence-electron chi connectivity index (χ2n) is 4.10. The van der Waals surface area contributed by atoms with Crippen LogP contribution in [0.5, 0.6) is 0 Å². The molecule has 19 heavy (non-hydrogen) atoms. The molecule has 0 aliphatic rings. The fourth-order valence-corrected chi connectivity index (χ4v) is 3.57. The van der Waals surface area contributed by atoms with Crippen LogP contribution in [-0.2, 0) is 5.75 Å². The van der Waals surface area contributed by atoms with Crippen LogP contribution < -0.4 is 5.73 Å². The number of rotatable bonds is 3. The summed E-state index contributed by atoms with van der Waals surface area (Å²) in [5, 5.41) is 10.2. The van der Waals surface area contributed by atoms with Crippen molar-refractivity contribution < 1.29 is 0 Å². The molecule has 0 radical (unpaired) electrons. The highest BCUT2D eigenvalue weighted by Gasteiger charge is 2.07. The summed E-state index contributed by atoms with van der Waals surface area (Å²) in [6.45, 7) is 1.95. The first kappa shape index (κ1) is 12.4. The first-order valence-electron chi connectivity index (χ1n) is 5.79. The number of nitrogens with two attached hydrogens (primary N) is 1. The van der Waals surface area contributed by atoms with Gasteiger partial charge in [-0.3, -0.25) is 0 Å². The minimum Gasteiger partial charge on any atom is -0.383 e. The van der Waals surface area contributed by atoms with Gasteiger partial charge in [0.15, 0.2) is 4.34 Å². The molecule has 6 heteroatoms. The number of aryl methyl sites for hydroxylation is 1. The van der Waals surface area contributed by atoms with E-state index in [1.54, 1.807) is 23.1 Å². The number of benzene rings is 1. The van der Waals surface area contributed by atoms with Crippen LogP contribution in [0.15, 0.2) is 34.7 Å². The zero-order valence-electron chi connectivity index (χ0n) is 10.3. The normalized spacial score (nSPS) is 11.0. The standard InChI is InChI=1S/C13H12N4S2/c1-8-16-17-13(19-8)18-7-10-6-9-4-2-3-5-11(9)15-12(10)14/h2-6H,7H2,1H3,(H2,14,15). The van der Waals surface area contributed by atoms with Gasteiger partial charge in [-0.25, -0.2) is 4.98 Å². The third kappa shape index (κ3) is 2.69. The van der Waals surface area contributed by atoms with E-state index in [0.29, 0.717) is 5.82 Å². The van der Waals surface area contributed by atoms with Gasteiger partial charge in [0.25, 0.3) is 0 Å². The summed E-state index contributed by atoms with van der Waals surface area (Å²) in [6.07, 6.45) is 0. The Morgan fingerprint density at radius 2 is 2.11 bits per heavy atom. The van der Waals surface area contributed by atoms with Gasteiger partial charge in [0, 0.05) is 16.7 Å². The molecule has 1 aromatic carbocycles. The van der Waals surface area contributed by atoms with Crippen molar-refractivity contribution >= 4 is 39.8 Å². The second-order valence-corrected chi connectivity index (χ2v) is 6.51. The third-order valence-electron chi connectivity index (χ3n) is 2.70. The molecule has 3 aromatic rings. The summed E-state index contributed by atoms with van der Waals surface area (Å²) in [7, 11) is 0. The van der Waals surface area contributed by atoms with Gasteiger partial charge < -0.3 is 5.73 Å². The fraction of sp³-hybridized carbons (Fsp3) is 0.154. The molecule has 4 nitrogen and oxygen atoms in total. The average molecular weight is 288 g/mol. The summed E-state index contributed by atoms with van der Waals surface area (Å²) >= 11 is 3.24. The smallest absolute Gasteiger partial charge is 0.174 e. The molecule has 2 heterocycles. The Labute approximate surface area is 119 Å². The topological polar surface area (TPSA) is 64.7 Å². The molecule has 0 unspecified atom stereocenters. The molecule has 0 aliphatic carbocycles. The number of pyridine rings is 1. The van der Waals surface area contributed by atoms with Crippen LogP contribution in [-0.4, -0.2) is 15.2 Å². The number of hydrogen-bond acceptors (Lipinski definition) is 6. The van der Waals surface area contributed by atoms with E-state index in [1.165, 1.54) is 0 Å². The molecule has 0 amide bonds. The van der Waals surface area contributed by atoms with E-state index >= 15 is 0 Å². The van der Waals surface area contributed by atoms with Crippen LogP contribution in [0.25, 0.3) is 10.9 Å². The van der Waals surface area contributed by atoms with Gasteiger partial charge in [-0.05, 0) is 19.1 Å². The predicted octanol–water partition coefficient (Wildman–Crippen LogP) is 3.27. The van der Waals surface area contributed by atoms with Gasteiger partial charge >= 0.3 is 0 Å². The minimum absolute atomic E-state index is 0.590. The Hall–Kier alpha value is -1.66. The van der Waals surface area contributed by atoms with Crippen LogP contribution >= 0.6 is 23.1 Å². The van der Waals surface area contributed by atoms with E-state index in [-0.39, 0.29) is 0 Å². The van der Waals surface area contributed by atoms with Crippen LogP contribution in [0.1, 0.15) is 10.6 Å². The molecule has 0 saturated carbocycles. The second kappa shape index (κ2) is 5.14. The van der Waals surface area contributed by atoms with Crippen LogP contribution in [0.3, 0.4) is 0 Å². The summed E-state index contributed by atoms with van der Waals surface area (Å²) in [6, 6.07) is 10.1. The molecular formula is C13H12N4S2. The maximum Gasteiger partial charge on any atom is 0.174 e. The Morgan fingerprint density at radius 3 is 2.89 bits per heavy atom. The van der Waals surface area contributed by atoms with Gasteiger partial charge in [-0.2, -0.15) is 0 Å². The van der Waals surface area contributed by atoms with Crippen molar-refractivity contribution in [2.75, 3.05) is 5.73 Å². The Balaban J connectivity index is 1.86. The van der Waals surface area contributed by atoms with Crippen LogP contribution in [0.2, 0.25) is 0 Å². The number of anilines is 1. The highest BCUT2D eigenvalue weighted by molar-refractivity contribution is 8.00. The molecule has 0 bridgehead atoms. The van der Waals surface area contributed by atoms with E-state index in [1.807, 2.05) is 31.2 Å². The van der Waals surface area contributed by atoms with E-state index in [2.05, 4.69) is 21.2 Å². The Morgan fingerprint density at radius 1 is 1.26 bits per heavy atom. The van der Waals surface area contributed by atoms with E-state index < -0.39 is 0 Å². The van der Waals surface area contributed by atoms with Gasteiger partial charge in [-0.1, -0.05) is 41.3 Å². The molecule has 0 fully saturated rings. The zero-order chi connectivity index (χ0) is 13.2. The zero-order valence-corrected chi connectivity index (χ0v) is 12.0.